The van der Waals surface area contributed by atoms with E-state index in [4.69, 9.17) is 0 Å². The number of hydrogen-bond donors (Lipinski definition) is 2. The summed E-state index contributed by atoms with van der Waals surface area (Å²) in [6, 6.07) is 6.29. The van der Waals surface area contributed by atoms with Crippen LogP contribution in [0.2, 0.25) is 0 Å². The summed E-state index contributed by atoms with van der Waals surface area (Å²) < 4.78 is 0.764. The molecule has 1 aromatic rings. The highest BCUT2D eigenvalue weighted by Crippen LogP contribution is 2.24. The zero-order valence-electron chi connectivity index (χ0n) is 10.1. The van der Waals surface area contributed by atoms with Gasteiger partial charge in [-0.05, 0) is 66.6 Å². The lowest BCUT2D eigenvalue weighted by Gasteiger charge is -2.29. The largest absolute Gasteiger partial charge is 0.507 e. The number of nitrogens with one attached hydrogen (secondary N) is 1. The van der Waals surface area contributed by atoms with Crippen molar-refractivity contribution in [2.45, 2.75) is 25.4 Å². The number of aromatic hydroxyl groups is 1. The van der Waals surface area contributed by atoms with Crippen LogP contribution in [0, 0.1) is 0 Å². The Morgan fingerprint density at radius 1 is 1.41 bits per heavy atom. The molecule has 0 atom stereocenters. The molecule has 1 fully saturated rings. The third-order valence-electron chi connectivity index (χ3n) is 3.33. The van der Waals surface area contributed by atoms with Gasteiger partial charge < -0.3 is 15.3 Å². The predicted molar refractivity (Wildman–Crippen MR) is 73.2 cm³/mol. The second-order valence-corrected chi connectivity index (χ2v) is 5.60. The zero-order valence-corrected chi connectivity index (χ0v) is 11.7. The van der Waals surface area contributed by atoms with Gasteiger partial charge in [0, 0.05) is 12.6 Å². The first-order chi connectivity index (χ1) is 8.15. The molecule has 2 rings (SSSR count). The minimum atomic E-state index is 0.299. The summed E-state index contributed by atoms with van der Waals surface area (Å²) in [7, 11) is 2.17. The summed E-state index contributed by atoms with van der Waals surface area (Å²) in [6.45, 7) is 3.22. The van der Waals surface area contributed by atoms with Gasteiger partial charge in [0.2, 0.25) is 0 Å². The van der Waals surface area contributed by atoms with Gasteiger partial charge in [-0.2, -0.15) is 0 Å². The zero-order chi connectivity index (χ0) is 12.3. The lowest BCUT2D eigenvalue weighted by atomic mass is 10.1. The van der Waals surface area contributed by atoms with E-state index in [0.29, 0.717) is 11.8 Å². The number of phenols is 1. The third kappa shape index (κ3) is 3.69. The average molecular weight is 299 g/mol. The van der Waals surface area contributed by atoms with E-state index in [1.807, 2.05) is 12.1 Å². The topological polar surface area (TPSA) is 35.5 Å². The number of hydrogen-bond acceptors (Lipinski definition) is 3. The van der Waals surface area contributed by atoms with E-state index < -0.39 is 0 Å². The van der Waals surface area contributed by atoms with Crippen molar-refractivity contribution >= 4 is 15.9 Å². The second-order valence-electron chi connectivity index (χ2n) is 4.74. The predicted octanol–water partition coefficient (Wildman–Crippen LogP) is 2.34. The van der Waals surface area contributed by atoms with Crippen molar-refractivity contribution in [1.29, 1.82) is 0 Å². The van der Waals surface area contributed by atoms with E-state index in [1.54, 1.807) is 6.07 Å². The second kappa shape index (κ2) is 5.85. The van der Waals surface area contributed by atoms with E-state index in [9.17, 15) is 5.11 Å². The van der Waals surface area contributed by atoms with Gasteiger partial charge in [0.1, 0.15) is 5.75 Å². The van der Waals surface area contributed by atoms with Crippen LogP contribution in [-0.2, 0) is 6.54 Å². The normalized spacial score (nSPS) is 18.5. The average Bonchev–Trinajstić information content (AvgIpc) is 2.33. The van der Waals surface area contributed by atoms with Crippen LogP contribution in [0.5, 0.6) is 5.75 Å². The van der Waals surface area contributed by atoms with Gasteiger partial charge in [0.25, 0.3) is 0 Å². The number of phenolic OH excluding ortho intramolecular Hbond substituents is 1. The quantitative estimate of drug-likeness (QED) is 0.899. The van der Waals surface area contributed by atoms with Crippen LogP contribution in [0.1, 0.15) is 18.4 Å². The molecule has 1 aliphatic rings. The van der Waals surface area contributed by atoms with Crippen molar-refractivity contribution in [3.63, 3.8) is 0 Å². The first-order valence-electron chi connectivity index (χ1n) is 6.04. The first-order valence-corrected chi connectivity index (χ1v) is 6.84. The molecule has 0 unspecified atom stereocenters. The molecular weight excluding hydrogens is 280 g/mol. The molecule has 0 saturated carbocycles. The highest BCUT2D eigenvalue weighted by Gasteiger charge is 2.15. The van der Waals surface area contributed by atoms with Crippen LogP contribution in [0.3, 0.4) is 0 Å². The minimum Gasteiger partial charge on any atom is -0.507 e. The fourth-order valence-corrected chi connectivity index (χ4v) is 2.56. The number of nitrogens with zero attached hydrogens (tertiary/aromatic N) is 1. The number of likely N-dealkylation sites (tertiary alicyclic amines) is 1. The standard InChI is InChI=1S/C13H19BrN2O/c1-16-6-4-11(5-7-16)15-9-10-2-3-13(17)12(14)8-10/h2-3,8,11,15,17H,4-7,9H2,1H3. The molecule has 1 aromatic carbocycles. The van der Waals surface area contributed by atoms with E-state index in [-0.39, 0.29) is 0 Å². The highest BCUT2D eigenvalue weighted by molar-refractivity contribution is 9.10. The molecule has 17 heavy (non-hydrogen) atoms. The summed E-state index contributed by atoms with van der Waals surface area (Å²) in [5, 5.41) is 13.0. The molecular formula is C13H19BrN2O. The molecule has 3 nitrogen and oxygen atoms in total. The van der Waals surface area contributed by atoms with Crippen LogP contribution >= 0.6 is 15.9 Å². The van der Waals surface area contributed by atoms with Gasteiger partial charge >= 0.3 is 0 Å². The van der Waals surface area contributed by atoms with Gasteiger partial charge in [0.15, 0.2) is 0 Å². The summed E-state index contributed by atoms with van der Waals surface area (Å²) in [5.41, 5.74) is 1.20. The lowest BCUT2D eigenvalue weighted by molar-refractivity contribution is 0.234. The molecule has 4 heteroatoms. The van der Waals surface area contributed by atoms with E-state index in [2.05, 4.69) is 33.2 Å². The summed E-state index contributed by atoms with van der Waals surface area (Å²) in [6.07, 6.45) is 2.44. The Kier molecular flexibility index (Phi) is 4.42. The summed E-state index contributed by atoms with van der Waals surface area (Å²) in [4.78, 5) is 2.37. The van der Waals surface area contributed by atoms with Gasteiger partial charge in [-0.1, -0.05) is 6.07 Å². The monoisotopic (exact) mass is 298 g/mol. The molecule has 1 aliphatic heterocycles. The van der Waals surface area contributed by atoms with Gasteiger partial charge in [0.05, 0.1) is 4.47 Å². The molecule has 1 heterocycles. The van der Waals surface area contributed by atoms with E-state index in [0.717, 1.165) is 11.0 Å². The molecule has 0 aromatic heterocycles. The molecule has 94 valence electrons. The summed E-state index contributed by atoms with van der Waals surface area (Å²) in [5.74, 6) is 0.299. The third-order valence-corrected chi connectivity index (χ3v) is 3.96. The number of halogens is 1. The molecule has 0 radical (unpaired) electrons. The Morgan fingerprint density at radius 3 is 2.76 bits per heavy atom. The SMILES string of the molecule is CN1CCC(NCc2ccc(O)c(Br)c2)CC1. The molecule has 0 spiro atoms. The molecule has 1 saturated heterocycles. The maximum Gasteiger partial charge on any atom is 0.129 e. The number of benzene rings is 1. The van der Waals surface area contributed by atoms with Gasteiger partial charge in [-0.15, -0.1) is 0 Å². The Labute approximate surface area is 111 Å². The molecule has 2 N–H and O–H groups in total. The van der Waals surface area contributed by atoms with Crippen molar-refractivity contribution in [2.75, 3.05) is 20.1 Å². The fraction of sp³-hybridized carbons (Fsp3) is 0.538. The molecule has 0 aliphatic carbocycles. The fourth-order valence-electron chi connectivity index (χ4n) is 2.14. The number of piperidine rings is 1. The Bertz CT molecular complexity index is 376. The van der Waals surface area contributed by atoms with Crippen LogP contribution in [-0.4, -0.2) is 36.2 Å². The Balaban J connectivity index is 1.83. The van der Waals surface area contributed by atoms with E-state index in [1.165, 1.54) is 31.5 Å². The van der Waals surface area contributed by atoms with Crippen molar-refractivity contribution in [3.8, 4) is 5.75 Å². The van der Waals surface area contributed by atoms with Crippen molar-refractivity contribution in [1.82, 2.24) is 10.2 Å². The van der Waals surface area contributed by atoms with Crippen molar-refractivity contribution in [3.05, 3.63) is 28.2 Å². The maximum absolute atomic E-state index is 9.42. The van der Waals surface area contributed by atoms with Gasteiger partial charge in [-0.25, -0.2) is 0 Å². The summed E-state index contributed by atoms with van der Waals surface area (Å²) >= 11 is 3.34. The first kappa shape index (κ1) is 12.9. The highest BCUT2D eigenvalue weighted by atomic mass is 79.9. The Morgan fingerprint density at radius 2 is 2.12 bits per heavy atom. The van der Waals surface area contributed by atoms with Crippen LogP contribution in [0.15, 0.2) is 22.7 Å². The molecule has 0 amide bonds. The lowest BCUT2D eigenvalue weighted by Crippen LogP contribution is -2.40. The smallest absolute Gasteiger partial charge is 0.129 e. The van der Waals surface area contributed by atoms with Crippen LogP contribution in [0.25, 0.3) is 0 Å². The van der Waals surface area contributed by atoms with Crippen molar-refractivity contribution < 1.29 is 5.11 Å². The molecule has 0 bridgehead atoms. The van der Waals surface area contributed by atoms with Gasteiger partial charge in [-0.3, -0.25) is 0 Å². The van der Waals surface area contributed by atoms with Crippen LogP contribution in [0.4, 0.5) is 0 Å². The maximum atomic E-state index is 9.42. The minimum absolute atomic E-state index is 0.299. The number of rotatable bonds is 3. The Hall–Kier alpha value is -0.580. The van der Waals surface area contributed by atoms with E-state index >= 15 is 0 Å². The van der Waals surface area contributed by atoms with Crippen molar-refractivity contribution in [2.24, 2.45) is 0 Å². The van der Waals surface area contributed by atoms with Crippen LogP contribution < -0.4 is 5.32 Å².